The summed E-state index contributed by atoms with van der Waals surface area (Å²) in [6.07, 6.45) is 1.08. The Bertz CT molecular complexity index is 559. The van der Waals surface area contributed by atoms with Crippen LogP contribution in [0, 0.1) is 12.8 Å². The molecule has 1 fully saturated rings. The molecular formula is C13H18N2O2S2. The molecule has 1 aliphatic rings. The third-order valence-electron chi connectivity index (χ3n) is 3.19. The molecule has 0 saturated carbocycles. The minimum atomic E-state index is -3.55. The summed E-state index contributed by atoms with van der Waals surface area (Å²) in [5, 5.41) is 4.04. The number of hydrazone groups is 1. The molecule has 1 aliphatic heterocycles. The topological polar surface area (TPSA) is 58.5 Å². The smallest absolute Gasteiger partial charge is 0.200 e. The summed E-state index contributed by atoms with van der Waals surface area (Å²) in [5.41, 5.74) is 1.89. The zero-order valence-corrected chi connectivity index (χ0v) is 12.7. The van der Waals surface area contributed by atoms with Gasteiger partial charge in [0.25, 0.3) is 10.0 Å². The number of sulfonamides is 1. The Kier molecular flexibility index (Phi) is 4.52. The highest BCUT2D eigenvalue weighted by Crippen LogP contribution is 2.24. The monoisotopic (exact) mass is 298 g/mol. The van der Waals surface area contributed by atoms with E-state index in [1.807, 2.05) is 25.6 Å². The Labute approximate surface area is 118 Å². The van der Waals surface area contributed by atoms with Crippen LogP contribution < -0.4 is 4.83 Å². The molecular weight excluding hydrogens is 280 g/mol. The Morgan fingerprint density at radius 2 is 2.05 bits per heavy atom. The molecule has 19 heavy (non-hydrogen) atoms. The van der Waals surface area contributed by atoms with Crippen LogP contribution in [0.1, 0.15) is 18.9 Å². The number of hydrogen-bond donors (Lipinski definition) is 1. The molecule has 104 valence electrons. The molecule has 0 amide bonds. The fourth-order valence-electron chi connectivity index (χ4n) is 1.86. The maximum Gasteiger partial charge on any atom is 0.276 e. The van der Waals surface area contributed by atoms with Gasteiger partial charge in [0.2, 0.25) is 0 Å². The number of thioether (sulfide) groups is 1. The predicted octanol–water partition coefficient (Wildman–Crippen LogP) is 2.40. The highest BCUT2D eigenvalue weighted by atomic mass is 32.2. The van der Waals surface area contributed by atoms with E-state index in [4.69, 9.17) is 0 Å². The highest BCUT2D eigenvalue weighted by molar-refractivity contribution is 7.99. The third kappa shape index (κ3) is 3.73. The fraction of sp³-hybridized carbons (Fsp3) is 0.462. The van der Waals surface area contributed by atoms with Crippen molar-refractivity contribution in [3.8, 4) is 0 Å². The summed E-state index contributed by atoms with van der Waals surface area (Å²) in [6, 6.07) is 6.74. The summed E-state index contributed by atoms with van der Waals surface area (Å²) in [5.74, 6) is 2.55. The van der Waals surface area contributed by atoms with Crippen LogP contribution in [0.15, 0.2) is 34.3 Å². The average molecular weight is 298 g/mol. The molecule has 1 aromatic carbocycles. The first-order valence-corrected chi connectivity index (χ1v) is 8.83. The van der Waals surface area contributed by atoms with Gasteiger partial charge in [-0.3, -0.25) is 0 Å². The molecule has 1 N–H and O–H groups in total. The molecule has 0 radical (unpaired) electrons. The van der Waals surface area contributed by atoms with Crippen molar-refractivity contribution in [3.63, 3.8) is 0 Å². The van der Waals surface area contributed by atoms with Crippen molar-refractivity contribution < 1.29 is 8.42 Å². The summed E-state index contributed by atoms with van der Waals surface area (Å²) in [4.78, 5) is 2.57. The van der Waals surface area contributed by atoms with Gasteiger partial charge < -0.3 is 0 Å². The molecule has 1 unspecified atom stereocenters. The second-order valence-corrected chi connectivity index (χ2v) is 7.53. The van der Waals surface area contributed by atoms with Crippen LogP contribution >= 0.6 is 11.8 Å². The second kappa shape index (κ2) is 5.96. The van der Waals surface area contributed by atoms with Crippen molar-refractivity contribution >= 4 is 27.5 Å². The lowest BCUT2D eigenvalue weighted by molar-refractivity contribution is 0.583. The standard InChI is InChI=1S/C13H18N2O2S2/c1-10-3-5-13(6-4-10)19(16,17)15-14-11(2)12-7-8-18-9-12/h3-6,12,15H,7-9H2,1-2H3/b14-11+. The van der Waals surface area contributed by atoms with Gasteiger partial charge in [-0.05, 0) is 38.2 Å². The number of rotatable bonds is 4. The molecule has 1 saturated heterocycles. The number of nitrogens with zero attached hydrogens (tertiary/aromatic N) is 1. The second-order valence-electron chi connectivity index (χ2n) is 4.72. The summed E-state index contributed by atoms with van der Waals surface area (Å²) < 4.78 is 24.1. The van der Waals surface area contributed by atoms with E-state index in [9.17, 15) is 8.42 Å². The minimum Gasteiger partial charge on any atom is -0.200 e. The van der Waals surface area contributed by atoms with Crippen LogP contribution in [0.4, 0.5) is 0 Å². The highest BCUT2D eigenvalue weighted by Gasteiger charge is 2.19. The van der Waals surface area contributed by atoms with Gasteiger partial charge in [0, 0.05) is 17.4 Å². The van der Waals surface area contributed by atoms with E-state index in [2.05, 4.69) is 9.93 Å². The Balaban J connectivity index is 2.08. The van der Waals surface area contributed by atoms with E-state index in [1.165, 1.54) is 0 Å². The number of nitrogens with one attached hydrogen (secondary N) is 1. The van der Waals surface area contributed by atoms with E-state index in [0.717, 1.165) is 29.2 Å². The quantitative estimate of drug-likeness (QED) is 0.686. The van der Waals surface area contributed by atoms with Crippen molar-refractivity contribution in [1.82, 2.24) is 4.83 Å². The molecule has 0 spiro atoms. The zero-order chi connectivity index (χ0) is 13.9. The molecule has 2 rings (SSSR count). The van der Waals surface area contributed by atoms with Gasteiger partial charge in [0.05, 0.1) is 4.90 Å². The van der Waals surface area contributed by atoms with Crippen molar-refractivity contribution in [1.29, 1.82) is 0 Å². The van der Waals surface area contributed by atoms with Crippen LogP contribution in [0.5, 0.6) is 0 Å². The molecule has 1 heterocycles. The Morgan fingerprint density at radius 1 is 1.37 bits per heavy atom. The van der Waals surface area contributed by atoms with Gasteiger partial charge in [0.15, 0.2) is 0 Å². The van der Waals surface area contributed by atoms with Crippen molar-refractivity contribution in [2.75, 3.05) is 11.5 Å². The third-order valence-corrected chi connectivity index (χ3v) is 5.58. The van der Waals surface area contributed by atoms with Crippen LogP contribution in [0.3, 0.4) is 0 Å². The van der Waals surface area contributed by atoms with Crippen LogP contribution in [-0.2, 0) is 10.0 Å². The van der Waals surface area contributed by atoms with Crippen molar-refractivity contribution in [2.45, 2.75) is 25.2 Å². The molecule has 1 aromatic rings. The molecule has 0 aliphatic carbocycles. The lowest BCUT2D eigenvalue weighted by Crippen LogP contribution is -2.22. The van der Waals surface area contributed by atoms with E-state index < -0.39 is 10.0 Å². The van der Waals surface area contributed by atoms with Crippen molar-refractivity contribution in [3.05, 3.63) is 29.8 Å². The SMILES string of the molecule is C/C(=N\NS(=O)(=O)c1ccc(C)cc1)C1CCSC1. The lowest BCUT2D eigenvalue weighted by atomic mass is 10.1. The molecule has 1 atom stereocenters. The average Bonchev–Trinajstić information content (AvgIpc) is 2.90. The minimum absolute atomic E-state index is 0.246. The number of hydrogen-bond acceptors (Lipinski definition) is 4. The molecule has 0 aromatic heterocycles. The first kappa shape index (κ1) is 14.4. The first-order chi connectivity index (χ1) is 8.99. The molecule has 4 nitrogen and oxygen atoms in total. The van der Waals surface area contributed by atoms with E-state index in [1.54, 1.807) is 24.3 Å². The van der Waals surface area contributed by atoms with Crippen LogP contribution in [0.2, 0.25) is 0 Å². The summed E-state index contributed by atoms with van der Waals surface area (Å²) in [6.45, 7) is 3.80. The largest absolute Gasteiger partial charge is 0.276 e. The summed E-state index contributed by atoms with van der Waals surface area (Å²) in [7, 11) is -3.55. The van der Waals surface area contributed by atoms with E-state index in [0.29, 0.717) is 5.92 Å². The number of benzene rings is 1. The normalized spacial score (nSPS) is 20.5. The van der Waals surface area contributed by atoms with Crippen LogP contribution in [-0.4, -0.2) is 25.6 Å². The molecule has 0 bridgehead atoms. The van der Waals surface area contributed by atoms with E-state index in [-0.39, 0.29) is 4.90 Å². The summed E-state index contributed by atoms with van der Waals surface area (Å²) >= 11 is 1.88. The maximum absolute atomic E-state index is 12.0. The van der Waals surface area contributed by atoms with Gasteiger partial charge in [-0.2, -0.15) is 25.3 Å². The van der Waals surface area contributed by atoms with Gasteiger partial charge in [-0.1, -0.05) is 17.7 Å². The van der Waals surface area contributed by atoms with E-state index >= 15 is 0 Å². The Hall–Kier alpha value is -1.01. The number of aryl methyl sites for hydroxylation is 1. The van der Waals surface area contributed by atoms with Gasteiger partial charge >= 0.3 is 0 Å². The fourth-order valence-corrected chi connectivity index (χ4v) is 4.03. The van der Waals surface area contributed by atoms with Crippen LogP contribution in [0.25, 0.3) is 0 Å². The Morgan fingerprint density at radius 3 is 2.63 bits per heavy atom. The first-order valence-electron chi connectivity index (χ1n) is 6.19. The van der Waals surface area contributed by atoms with Gasteiger partial charge in [0.1, 0.15) is 0 Å². The molecule has 6 heteroatoms. The zero-order valence-electron chi connectivity index (χ0n) is 11.1. The maximum atomic E-state index is 12.0. The van der Waals surface area contributed by atoms with Crippen molar-refractivity contribution in [2.24, 2.45) is 11.0 Å². The predicted molar refractivity (Wildman–Crippen MR) is 80.0 cm³/mol. The van der Waals surface area contributed by atoms with Gasteiger partial charge in [-0.15, -0.1) is 0 Å². The lowest BCUT2D eigenvalue weighted by Gasteiger charge is -2.09. The van der Waals surface area contributed by atoms with Gasteiger partial charge in [-0.25, -0.2) is 4.83 Å².